The van der Waals surface area contributed by atoms with Crippen molar-refractivity contribution in [2.24, 2.45) is 0 Å². The number of ether oxygens (including phenoxy) is 1. The summed E-state index contributed by atoms with van der Waals surface area (Å²) in [6.07, 6.45) is -4.46. The summed E-state index contributed by atoms with van der Waals surface area (Å²) in [5.74, 6) is -0.182. The van der Waals surface area contributed by atoms with Crippen LogP contribution in [0, 0.1) is 5.82 Å². The Balaban J connectivity index is 2.17. The molecule has 0 radical (unpaired) electrons. The van der Waals surface area contributed by atoms with Gasteiger partial charge in [-0.2, -0.15) is 13.2 Å². The molecule has 2 rings (SSSR count). The molecule has 2 aromatic rings. The lowest BCUT2D eigenvalue weighted by Gasteiger charge is -2.14. The van der Waals surface area contributed by atoms with Crippen LogP contribution >= 0.6 is 0 Å². The smallest absolute Gasteiger partial charge is 0.418 e. The Kier molecular flexibility index (Phi) is 4.35. The second-order valence-electron chi connectivity index (χ2n) is 4.35. The molecule has 2 aromatic carbocycles. The summed E-state index contributed by atoms with van der Waals surface area (Å²) in [6.45, 7) is -0.0527. The maximum atomic E-state index is 13.7. The van der Waals surface area contributed by atoms with Crippen molar-refractivity contribution in [1.29, 1.82) is 0 Å². The highest BCUT2D eigenvalue weighted by Gasteiger charge is 2.33. The third-order valence-electron chi connectivity index (χ3n) is 2.96. The average molecular weight is 299 g/mol. The summed E-state index contributed by atoms with van der Waals surface area (Å²) < 4.78 is 57.1. The van der Waals surface area contributed by atoms with Crippen LogP contribution in [-0.2, 0) is 12.7 Å². The van der Waals surface area contributed by atoms with Gasteiger partial charge in [0.25, 0.3) is 0 Å². The zero-order chi connectivity index (χ0) is 15.5. The molecule has 0 saturated heterocycles. The third kappa shape index (κ3) is 3.65. The lowest BCUT2D eigenvalue weighted by Crippen LogP contribution is -2.11. The van der Waals surface area contributed by atoms with Crippen molar-refractivity contribution < 1.29 is 22.3 Å². The Morgan fingerprint density at radius 2 is 1.81 bits per heavy atom. The quantitative estimate of drug-likeness (QED) is 0.841. The molecular formula is C15H13F4NO. The van der Waals surface area contributed by atoms with Gasteiger partial charge >= 0.3 is 6.18 Å². The van der Waals surface area contributed by atoms with Gasteiger partial charge in [-0.1, -0.05) is 18.2 Å². The van der Waals surface area contributed by atoms with Gasteiger partial charge in [0.15, 0.2) is 0 Å². The minimum atomic E-state index is -4.46. The van der Waals surface area contributed by atoms with Crippen LogP contribution in [-0.4, -0.2) is 7.11 Å². The van der Waals surface area contributed by atoms with Gasteiger partial charge in [-0.3, -0.25) is 0 Å². The van der Waals surface area contributed by atoms with Gasteiger partial charge < -0.3 is 10.1 Å². The molecule has 0 aliphatic rings. The van der Waals surface area contributed by atoms with Crippen LogP contribution in [0.25, 0.3) is 0 Å². The molecule has 2 nitrogen and oxygen atoms in total. The largest absolute Gasteiger partial charge is 0.497 e. The first-order valence-electron chi connectivity index (χ1n) is 6.14. The molecular weight excluding hydrogens is 286 g/mol. The van der Waals surface area contributed by atoms with E-state index in [1.807, 2.05) is 0 Å². The summed E-state index contributed by atoms with van der Waals surface area (Å²) in [4.78, 5) is 0. The monoisotopic (exact) mass is 299 g/mol. The lowest BCUT2D eigenvalue weighted by molar-refractivity contribution is -0.136. The summed E-state index contributed by atoms with van der Waals surface area (Å²) >= 11 is 0. The minimum absolute atomic E-state index is 0.0527. The molecule has 6 heteroatoms. The second-order valence-corrected chi connectivity index (χ2v) is 4.35. The Morgan fingerprint density at radius 1 is 1.10 bits per heavy atom. The van der Waals surface area contributed by atoms with Crippen molar-refractivity contribution in [2.75, 3.05) is 12.4 Å². The van der Waals surface area contributed by atoms with E-state index >= 15 is 0 Å². The number of rotatable bonds is 4. The normalized spacial score (nSPS) is 11.3. The molecule has 21 heavy (non-hydrogen) atoms. The Bertz CT molecular complexity index is 625. The van der Waals surface area contributed by atoms with E-state index in [-0.39, 0.29) is 17.8 Å². The number of anilines is 1. The summed E-state index contributed by atoms with van der Waals surface area (Å²) in [7, 11) is 1.41. The molecule has 0 fully saturated rings. The maximum absolute atomic E-state index is 13.7. The average Bonchev–Trinajstić information content (AvgIpc) is 2.45. The molecule has 0 aliphatic carbocycles. The van der Waals surface area contributed by atoms with Gasteiger partial charge in [0, 0.05) is 23.9 Å². The third-order valence-corrected chi connectivity index (χ3v) is 2.96. The molecule has 0 heterocycles. The van der Waals surface area contributed by atoms with Crippen molar-refractivity contribution in [3.63, 3.8) is 0 Å². The number of benzene rings is 2. The summed E-state index contributed by atoms with van der Waals surface area (Å²) in [5.41, 5.74) is -0.605. The number of hydrogen-bond donors (Lipinski definition) is 1. The predicted molar refractivity (Wildman–Crippen MR) is 71.7 cm³/mol. The summed E-state index contributed by atoms with van der Waals surface area (Å²) in [5, 5.41) is 2.61. The van der Waals surface area contributed by atoms with Crippen LogP contribution in [0.2, 0.25) is 0 Å². The van der Waals surface area contributed by atoms with Crippen molar-refractivity contribution in [3.8, 4) is 5.75 Å². The molecule has 112 valence electrons. The van der Waals surface area contributed by atoms with Gasteiger partial charge in [-0.15, -0.1) is 0 Å². The van der Waals surface area contributed by atoms with Crippen LogP contribution in [0.4, 0.5) is 23.2 Å². The predicted octanol–water partition coefficient (Wildman–Crippen LogP) is 4.47. The first kappa shape index (κ1) is 15.2. The fourth-order valence-corrected chi connectivity index (χ4v) is 1.87. The second kappa shape index (κ2) is 6.03. The molecule has 0 amide bonds. The maximum Gasteiger partial charge on any atom is 0.418 e. The van der Waals surface area contributed by atoms with E-state index in [2.05, 4.69) is 5.32 Å². The van der Waals surface area contributed by atoms with Gasteiger partial charge in [0.05, 0.1) is 12.7 Å². The van der Waals surface area contributed by atoms with Gasteiger partial charge in [0.1, 0.15) is 11.6 Å². The van der Waals surface area contributed by atoms with E-state index in [1.165, 1.54) is 37.4 Å². The number of para-hydroxylation sites is 1. The van der Waals surface area contributed by atoms with Gasteiger partial charge in [-0.25, -0.2) is 4.39 Å². The van der Waals surface area contributed by atoms with E-state index in [9.17, 15) is 17.6 Å². The standard InChI is InChI=1S/C15H13F4NO/c1-21-11-7-6-10(13(16)8-11)9-20-14-5-3-2-4-12(14)15(17,18)19/h2-8,20H,9H2,1H3. The Hall–Kier alpha value is -2.24. The van der Waals surface area contributed by atoms with E-state index in [0.29, 0.717) is 5.75 Å². The molecule has 0 atom stereocenters. The first-order valence-corrected chi connectivity index (χ1v) is 6.14. The van der Waals surface area contributed by atoms with Crippen LogP contribution in [0.3, 0.4) is 0 Å². The SMILES string of the molecule is COc1ccc(CNc2ccccc2C(F)(F)F)c(F)c1. The van der Waals surface area contributed by atoms with E-state index < -0.39 is 17.6 Å². The van der Waals surface area contributed by atoms with Crippen LogP contribution < -0.4 is 10.1 Å². The zero-order valence-corrected chi connectivity index (χ0v) is 11.2. The number of methoxy groups -OCH3 is 1. The number of hydrogen-bond acceptors (Lipinski definition) is 2. The topological polar surface area (TPSA) is 21.3 Å². The fourth-order valence-electron chi connectivity index (χ4n) is 1.87. The van der Waals surface area contributed by atoms with Crippen molar-refractivity contribution >= 4 is 5.69 Å². The molecule has 0 aromatic heterocycles. The molecule has 0 aliphatic heterocycles. The van der Waals surface area contributed by atoms with Gasteiger partial charge in [0.2, 0.25) is 0 Å². The first-order chi connectivity index (χ1) is 9.91. The minimum Gasteiger partial charge on any atom is -0.497 e. The number of nitrogens with one attached hydrogen (secondary N) is 1. The highest BCUT2D eigenvalue weighted by atomic mass is 19.4. The van der Waals surface area contributed by atoms with E-state index in [4.69, 9.17) is 4.74 Å². The molecule has 0 saturated carbocycles. The van der Waals surface area contributed by atoms with Crippen molar-refractivity contribution in [2.45, 2.75) is 12.7 Å². The molecule has 0 unspecified atom stereocenters. The van der Waals surface area contributed by atoms with Crippen molar-refractivity contribution in [3.05, 3.63) is 59.4 Å². The Labute approximate surface area is 119 Å². The lowest BCUT2D eigenvalue weighted by atomic mass is 10.1. The van der Waals surface area contributed by atoms with Gasteiger partial charge in [-0.05, 0) is 18.2 Å². The van der Waals surface area contributed by atoms with Crippen LogP contribution in [0.1, 0.15) is 11.1 Å². The van der Waals surface area contributed by atoms with E-state index in [0.717, 1.165) is 6.07 Å². The highest BCUT2D eigenvalue weighted by Crippen LogP contribution is 2.34. The number of alkyl halides is 3. The zero-order valence-electron chi connectivity index (χ0n) is 11.2. The molecule has 0 spiro atoms. The Morgan fingerprint density at radius 3 is 2.43 bits per heavy atom. The van der Waals surface area contributed by atoms with Crippen LogP contribution in [0.5, 0.6) is 5.75 Å². The molecule has 1 N–H and O–H groups in total. The number of halogens is 4. The van der Waals surface area contributed by atoms with E-state index in [1.54, 1.807) is 6.07 Å². The van der Waals surface area contributed by atoms with Crippen LogP contribution in [0.15, 0.2) is 42.5 Å². The highest BCUT2D eigenvalue weighted by molar-refractivity contribution is 5.53. The van der Waals surface area contributed by atoms with Crippen molar-refractivity contribution in [1.82, 2.24) is 0 Å². The fraction of sp³-hybridized carbons (Fsp3) is 0.200. The summed E-state index contributed by atoms with van der Waals surface area (Å²) in [6, 6.07) is 9.29. The molecule has 0 bridgehead atoms.